The number of rotatable bonds is 5. The Labute approximate surface area is 134 Å². The second kappa shape index (κ2) is 7.01. The average Bonchev–Trinajstić information content (AvgIpc) is 2.60. The number of sulfonamides is 1. The van der Waals surface area contributed by atoms with Gasteiger partial charge in [0.15, 0.2) is 5.78 Å². The van der Waals surface area contributed by atoms with Gasteiger partial charge < -0.3 is 0 Å². The third-order valence-electron chi connectivity index (χ3n) is 3.14. The molecule has 0 heterocycles. The van der Waals surface area contributed by atoms with E-state index in [0.717, 1.165) is 5.56 Å². The lowest BCUT2D eigenvalue weighted by Gasteiger charge is -2.03. The van der Waals surface area contributed by atoms with Gasteiger partial charge in [0.05, 0.1) is 16.5 Å². The smallest absolute Gasteiger partial charge is 0.240 e. The quantitative estimate of drug-likeness (QED) is 0.675. The van der Waals surface area contributed by atoms with Gasteiger partial charge in [0.25, 0.3) is 0 Å². The van der Waals surface area contributed by atoms with Crippen LogP contribution in [0.25, 0.3) is 6.08 Å². The van der Waals surface area contributed by atoms with Crippen molar-refractivity contribution in [1.29, 1.82) is 5.26 Å². The minimum absolute atomic E-state index is 0.0331. The molecular weight excluding hydrogens is 312 g/mol. The Hall–Kier alpha value is -2.75. The first-order chi connectivity index (χ1) is 11.0. The largest absolute Gasteiger partial charge is 0.289 e. The highest BCUT2D eigenvalue weighted by Gasteiger charge is 2.13. The molecule has 116 valence electrons. The molecule has 0 fully saturated rings. The molecule has 1 N–H and O–H groups in total. The standard InChI is InChI=1S/C17H14N2O3S/c1-19-23(21,22)16-7-3-6-15(11-16)17(20)9-8-13-4-2-5-14(10-13)12-18/h2-11,19H,1H3. The van der Waals surface area contributed by atoms with Crippen LogP contribution >= 0.6 is 0 Å². The van der Waals surface area contributed by atoms with E-state index in [0.29, 0.717) is 5.56 Å². The van der Waals surface area contributed by atoms with E-state index in [-0.39, 0.29) is 16.2 Å². The van der Waals surface area contributed by atoms with Gasteiger partial charge in [-0.1, -0.05) is 30.3 Å². The predicted octanol–water partition coefficient (Wildman–Crippen LogP) is 2.36. The first-order valence-corrected chi connectivity index (χ1v) is 8.21. The molecule has 23 heavy (non-hydrogen) atoms. The van der Waals surface area contributed by atoms with Crippen molar-refractivity contribution in [3.8, 4) is 6.07 Å². The highest BCUT2D eigenvalue weighted by atomic mass is 32.2. The summed E-state index contributed by atoms with van der Waals surface area (Å²) >= 11 is 0. The van der Waals surface area contributed by atoms with Crippen molar-refractivity contribution < 1.29 is 13.2 Å². The molecule has 0 aliphatic heterocycles. The number of benzene rings is 2. The highest BCUT2D eigenvalue weighted by Crippen LogP contribution is 2.13. The van der Waals surface area contributed by atoms with Crippen LogP contribution in [-0.4, -0.2) is 21.2 Å². The van der Waals surface area contributed by atoms with Crippen LogP contribution < -0.4 is 4.72 Å². The molecule has 0 aliphatic carbocycles. The molecule has 0 radical (unpaired) electrons. The third kappa shape index (κ3) is 4.13. The van der Waals surface area contributed by atoms with Crippen molar-refractivity contribution in [2.75, 3.05) is 7.05 Å². The summed E-state index contributed by atoms with van der Waals surface area (Å²) in [4.78, 5) is 12.2. The average molecular weight is 326 g/mol. The summed E-state index contributed by atoms with van der Waals surface area (Å²) in [5.74, 6) is -0.319. The lowest BCUT2D eigenvalue weighted by molar-refractivity contribution is 0.104. The van der Waals surface area contributed by atoms with Crippen LogP contribution in [-0.2, 0) is 10.0 Å². The van der Waals surface area contributed by atoms with E-state index in [9.17, 15) is 13.2 Å². The van der Waals surface area contributed by atoms with Crippen molar-refractivity contribution in [3.05, 3.63) is 71.3 Å². The van der Waals surface area contributed by atoms with Crippen LogP contribution in [0, 0.1) is 11.3 Å². The second-order valence-corrected chi connectivity index (χ2v) is 6.56. The zero-order chi connectivity index (χ0) is 16.9. The molecule has 0 aromatic heterocycles. The highest BCUT2D eigenvalue weighted by molar-refractivity contribution is 7.89. The molecule has 2 rings (SSSR count). The van der Waals surface area contributed by atoms with E-state index in [4.69, 9.17) is 5.26 Å². The van der Waals surface area contributed by atoms with Crippen molar-refractivity contribution in [1.82, 2.24) is 4.72 Å². The van der Waals surface area contributed by atoms with Crippen LogP contribution in [0.2, 0.25) is 0 Å². The molecule has 0 saturated carbocycles. The number of carbonyl (C=O) groups excluding carboxylic acids is 1. The van der Waals surface area contributed by atoms with Gasteiger partial charge in [-0.3, -0.25) is 4.79 Å². The predicted molar refractivity (Wildman–Crippen MR) is 87.2 cm³/mol. The van der Waals surface area contributed by atoms with Gasteiger partial charge >= 0.3 is 0 Å². The Morgan fingerprint density at radius 1 is 1.17 bits per heavy atom. The number of hydrogen-bond donors (Lipinski definition) is 1. The van der Waals surface area contributed by atoms with Gasteiger partial charge in [-0.05, 0) is 43.0 Å². The molecule has 0 unspecified atom stereocenters. The van der Waals surface area contributed by atoms with Gasteiger partial charge in [-0.25, -0.2) is 13.1 Å². The molecule has 0 saturated heterocycles. The summed E-state index contributed by atoms with van der Waals surface area (Å²) in [5, 5.41) is 8.84. The van der Waals surface area contributed by atoms with E-state index >= 15 is 0 Å². The summed E-state index contributed by atoms with van der Waals surface area (Å²) in [5.41, 5.74) is 1.49. The Morgan fingerprint density at radius 2 is 1.91 bits per heavy atom. The van der Waals surface area contributed by atoms with Gasteiger partial charge in [-0.2, -0.15) is 5.26 Å². The molecule has 2 aromatic rings. The topological polar surface area (TPSA) is 87.0 Å². The molecule has 0 amide bonds. The van der Waals surface area contributed by atoms with Gasteiger partial charge in [0.1, 0.15) is 0 Å². The molecule has 2 aromatic carbocycles. The number of ketones is 1. The van der Waals surface area contributed by atoms with E-state index < -0.39 is 10.0 Å². The van der Waals surface area contributed by atoms with Crippen molar-refractivity contribution >= 4 is 21.9 Å². The summed E-state index contributed by atoms with van der Waals surface area (Å²) < 4.78 is 25.7. The maximum atomic E-state index is 12.2. The summed E-state index contributed by atoms with van der Waals surface area (Å²) in [6, 6.07) is 14.7. The van der Waals surface area contributed by atoms with E-state index in [2.05, 4.69) is 4.72 Å². The van der Waals surface area contributed by atoms with Gasteiger partial charge in [0.2, 0.25) is 10.0 Å². The first kappa shape index (κ1) is 16.6. The maximum absolute atomic E-state index is 12.2. The number of hydrogen-bond acceptors (Lipinski definition) is 4. The summed E-state index contributed by atoms with van der Waals surface area (Å²) in [6.45, 7) is 0. The molecule has 0 aliphatic rings. The van der Waals surface area contributed by atoms with Crippen LogP contribution in [0.3, 0.4) is 0 Å². The van der Waals surface area contributed by atoms with Crippen molar-refractivity contribution in [3.63, 3.8) is 0 Å². The van der Waals surface area contributed by atoms with E-state index in [1.165, 1.54) is 31.3 Å². The van der Waals surface area contributed by atoms with Crippen LogP contribution in [0.5, 0.6) is 0 Å². The Balaban J connectivity index is 2.26. The Morgan fingerprint density at radius 3 is 2.61 bits per heavy atom. The van der Waals surface area contributed by atoms with Crippen molar-refractivity contribution in [2.45, 2.75) is 4.90 Å². The number of nitrogens with one attached hydrogen (secondary N) is 1. The Kier molecular flexibility index (Phi) is 5.06. The van der Waals surface area contributed by atoms with E-state index in [1.807, 2.05) is 6.07 Å². The van der Waals surface area contributed by atoms with Gasteiger partial charge in [-0.15, -0.1) is 0 Å². The SMILES string of the molecule is CNS(=O)(=O)c1cccc(C(=O)C=Cc2cccc(C#N)c2)c1. The fourth-order valence-corrected chi connectivity index (χ4v) is 2.69. The fraction of sp³-hybridized carbons (Fsp3) is 0.0588. The first-order valence-electron chi connectivity index (χ1n) is 6.72. The maximum Gasteiger partial charge on any atom is 0.240 e. The number of allylic oxidation sites excluding steroid dienone is 1. The van der Waals surface area contributed by atoms with Gasteiger partial charge in [0, 0.05) is 5.56 Å². The molecule has 0 atom stereocenters. The van der Waals surface area contributed by atoms with Crippen LogP contribution in [0.15, 0.2) is 59.5 Å². The molecular formula is C17H14N2O3S. The number of nitriles is 1. The Bertz CT molecular complexity index is 909. The lowest BCUT2D eigenvalue weighted by atomic mass is 10.1. The molecule has 6 heteroatoms. The number of carbonyl (C=O) groups is 1. The molecule has 5 nitrogen and oxygen atoms in total. The monoisotopic (exact) mass is 326 g/mol. The lowest BCUT2D eigenvalue weighted by Crippen LogP contribution is -2.18. The van der Waals surface area contributed by atoms with Crippen LogP contribution in [0.4, 0.5) is 0 Å². The number of nitrogens with zero attached hydrogens (tertiary/aromatic N) is 1. The fourth-order valence-electron chi connectivity index (χ4n) is 1.91. The van der Waals surface area contributed by atoms with Crippen molar-refractivity contribution in [2.24, 2.45) is 0 Å². The zero-order valence-electron chi connectivity index (χ0n) is 12.4. The van der Waals surface area contributed by atoms with E-state index in [1.54, 1.807) is 36.4 Å². The molecule has 0 bridgehead atoms. The van der Waals surface area contributed by atoms with Crippen LogP contribution in [0.1, 0.15) is 21.5 Å². The second-order valence-electron chi connectivity index (χ2n) is 4.67. The normalized spacial score (nSPS) is 11.3. The summed E-state index contributed by atoms with van der Waals surface area (Å²) in [6.07, 6.45) is 2.93. The minimum Gasteiger partial charge on any atom is -0.289 e. The minimum atomic E-state index is -3.59. The summed E-state index contributed by atoms with van der Waals surface area (Å²) in [7, 11) is -2.28. The zero-order valence-corrected chi connectivity index (χ0v) is 13.2. The molecule has 0 spiro atoms. The third-order valence-corrected chi connectivity index (χ3v) is 4.55.